The van der Waals surface area contributed by atoms with Gasteiger partial charge in [0, 0.05) is 0 Å². The van der Waals surface area contributed by atoms with Crippen molar-refractivity contribution in [1.82, 2.24) is 0 Å². The Hall–Kier alpha value is -2.24. The maximum absolute atomic E-state index is 9.97. The largest absolute Gasteiger partial charge is 0.493 e. The molecular formula is C21H30O5. The van der Waals surface area contributed by atoms with Gasteiger partial charge in [0.15, 0.2) is 11.5 Å². The van der Waals surface area contributed by atoms with Gasteiger partial charge in [-0.15, -0.1) is 6.58 Å². The third-order valence-corrected chi connectivity index (χ3v) is 3.70. The highest BCUT2D eigenvalue weighted by atomic mass is 16.5. The van der Waals surface area contributed by atoms with Crippen LogP contribution in [0.15, 0.2) is 42.0 Å². The van der Waals surface area contributed by atoms with E-state index in [-0.39, 0.29) is 6.61 Å². The van der Waals surface area contributed by atoms with Gasteiger partial charge in [-0.1, -0.05) is 23.3 Å². The lowest BCUT2D eigenvalue weighted by Gasteiger charge is -2.15. The first-order chi connectivity index (χ1) is 12.4. The first-order valence-corrected chi connectivity index (χ1v) is 8.55. The summed E-state index contributed by atoms with van der Waals surface area (Å²) in [5.74, 6) is 1.62. The van der Waals surface area contributed by atoms with Crippen LogP contribution in [0.5, 0.6) is 17.2 Å². The molecule has 0 aliphatic rings. The van der Waals surface area contributed by atoms with Crippen LogP contribution in [0.4, 0.5) is 0 Å². The van der Waals surface area contributed by atoms with Crippen molar-refractivity contribution in [3.05, 3.63) is 47.6 Å². The van der Waals surface area contributed by atoms with Crippen LogP contribution in [0, 0.1) is 0 Å². The van der Waals surface area contributed by atoms with Crippen molar-refractivity contribution < 1.29 is 24.4 Å². The number of benzene rings is 1. The van der Waals surface area contributed by atoms with Crippen molar-refractivity contribution in [3.8, 4) is 17.2 Å². The fourth-order valence-corrected chi connectivity index (χ4v) is 2.52. The van der Waals surface area contributed by atoms with Gasteiger partial charge >= 0.3 is 0 Å². The molecule has 0 heterocycles. The number of aliphatic hydroxyl groups excluding tert-OH is 2. The van der Waals surface area contributed by atoms with E-state index in [1.807, 2.05) is 32.1 Å². The van der Waals surface area contributed by atoms with Crippen LogP contribution in [-0.2, 0) is 0 Å². The maximum Gasteiger partial charge on any atom is 0.203 e. The minimum Gasteiger partial charge on any atom is -0.493 e. The second-order valence-corrected chi connectivity index (χ2v) is 6.22. The summed E-state index contributed by atoms with van der Waals surface area (Å²) in [6.07, 6.45) is 6.09. The molecule has 1 atom stereocenters. The lowest BCUT2D eigenvalue weighted by atomic mass is 10.0. The van der Waals surface area contributed by atoms with Gasteiger partial charge in [0.25, 0.3) is 0 Å². The fourth-order valence-electron chi connectivity index (χ4n) is 2.52. The van der Waals surface area contributed by atoms with E-state index in [0.29, 0.717) is 36.7 Å². The number of methoxy groups -OCH3 is 2. The van der Waals surface area contributed by atoms with Gasteiger partial charge in [-0.2, -0.15) is 0 Å². The molecule has 144 valence electrons. The van der Waals surface area contributed by atoms with Gasteiger partial charge in [0.05, 0.1) is 26.9 Å². The molecule has 0 radical (unpaired) electrons. The molecule has 0 fully saturated rings. The number of aliphatic hydroxyl groups is 2. The third kappa shape index (κ3) is 7.33. The van der Waals surface area contributed by atoms with Gasteiger partial charge in [-0.3, -0.25) is 0 Å². The monoisotopic (exact) mass is 362 g/mol. The molecule has 26 heavy (non-hydrogen) atoms. The number of ether oxygens (including phenoxy) is 3. The van der Waals surface area contributed by atoms with Gasteiger partial charge in [0.2, 0.25) is 5.75 Å². The minimum absolute atomic E-state index is 0.0375. The Labute approximate surface area is 156 Å². The first kappa shape index (κ1) is 21.8. The van der Waals surface area contributed by atoms with Crippen molar-refractivity contribution in [2.75, 3.05) is 27.4 Å². The van der Waals surface area contributed by atoms with E-state index in [4.69, 9.17) is 19.3 Å². The lowest BCUT2D eigenvalue weighted by molar-refractivity contribution is 0.175. The normalized spacial score (nSPS) is 12.9. The highest BCUT2D eigenvalue weighted by Crippen LogP contribution is 2.39. The summed E-state index contributed by atoms with van der Waals surface area (Å²) in [6.45, 7) is 7.98. The molecule has 1 aromatic rings. The molecule has 0 aromatic heterocycles. The van der Waals surface area contributed by atoms with Crippen LogP contribution < -0.4 is 14.2 Å². The van der Waals surface area contributed by atoms with E-state index < -0.39 is 6.10 Å². The molecule has 1 aromatic carbocycles. The van der Waals surface area contributed by atoms with Gasteiger partial charge in [0.1, 0.15) is 6.61 Å². The zero-order chi connectivity index (χ0) is 19.5. The standard InChI is InChI=1S/C21H30O5/c1-15(2)11-18(23)12-16(3)8-10-26-21-19(24-4)13-17(7-6-9-22)14-20(21)25-5/h6-8,13-14,18,22-23H,1,9-12H2,2-5H3/b7-6+,16-8+. The molecule has 0 aliphatic heterocycles. The number of hydrogen-bond donors (Lipinski definition) is 2. The Bertz CT molecular complexity index is 621. The van der Waals surface area contributed by atoms with Crippen molar-refractivity contribution in [1.29, 1.82) is 0 Å². The minimum atomic E-state index is -0.426. The van der Waals surface area contributed by atoms with Gasteiger partial charge in [-0.25, -0.2) is 0 Å². The van der Waals surface area contributed by atoms with E-state index in [1.54, 1.807) is 26.4 Å². The average Bonchev–Trinajstić information content (AvgIpc) is 2.59. The Morgan fingerprint density at radius 3 is 2.27 bits per heavy atom. The van der Waals surface area contributed by atoms with Crippen molar-refractivity contribution >= 4 is 6.08 Å². The zero-order valence-corrected chi connectivity index (χ0v) is 16.1. The molecule has 5 heteroatoms. The topological polar surface area (TPSA) is 68.2 Å². The molecule has 5 nitrogen and oxygen atoms in total. The number of rotatable bonds is 11. The lowest BCUT2D eigenvalue weighted by Crippen LogP contribution is -2.08. The molecule has 1 unspecified atom stereocenters. The Kier molecular flexibility index (Phi) is 9.55. The fraction of sp³-hybridized carbons (Fsp3) is 0.429. The van der Waals surface area contributed by atoms with Crippen LogP contribution in [0.3, 0.4) is 0 Å². The summed E-state index contributed by atoms with van der Waals surface area (Å²) in [6, 6.07) is 3.63. The summed E-state index contributed by atoms with van der Waals surface area (Å²) < 4.78 is 16.6. The SMILES string of the molecule is C=C(C)CC(O)C/C(C)=C/COc1c(OC)cc(/C=C/CO)cc1OC. The van der Waals surface area contributed by atoms with Gasteiger partial charge in [-0.05, 0) is 50.5 Å². The van der Waals surface area contributed by atoms with E-state index in [0.717, 1.165) is 16.7 Å². The average molecular weight is 362 g/mol. The molecule has 0 bridgehead atoms. The van der Waals surface area contributed by atoms with E-state index >= 15 is 0 Å². The van der Waals surface area contributed by atoms with Crippen LogP contribution in [0.2, 0.25) is 0 Å². The van der Waals surface area contributed by atoms with E-state index in [2.05, 4.69) is 6.58 Å². The first-order valence-electron chi connectivity index (χ1n) is 8.55. The van der Waals surface area contributed by atoms with Crippen molar-refractivity contribution in [2.24, 2.45) is 0 Å². The zero-order valence-electron chi connectivity index (χ0n) is 16.1. The quantitative estimate of drug-likeness (QED) is 0.587. The molecule has 0 saturated carbocycles. The Morgan fingerprint density at radius 1 is 1.15 bits per heavy atom. The molecule has 0 saturated heterocycles. The van der Waals surface area contributed by atoms with Crippen LogP contribution in [0.1, 0.15) is 32.3 Å². The summed E-state index contributed by atoms with van der Waals surface area (Å²) in [5, 5.41) is 18.9. The highest BCUT2D eigenvalue weighted by Gasteiger charge is 2.13. The van der Waals surface area contributed by atoms with Crippen LogP contribution >= 0.6 is 0 Å². The summed E-state index contributed by atoms with van der Waals surface area (Å²) in [7, 11) is 3.13. The van der Waals surface area contributed by atoms with Crippen molar-refractivity contribution in [2.45, 2.75) is 32.8 Å². The predicted molar refractivity (Wildman–Crippen MR) is 105 cm³/mol. The Balaban J connectivity index is 2.83. The molecular weight excluding hydrogens is 332 g/mol. The van der Waals surface area contributed by atoms with Gasteiger partial charge < -0.3 is 24.4 Å². The molecule has 0 aliphatic carbocycles. The molecule has 0 amide bonds. The van der Waals surface area contributed by atoms with E-state index in [1.165, 1.54) is 0 Å². The summed E-state index contributed by atoms with van der Waals surface area (Å²) >= 11 is 0. The maximum atomic E-state index is 9.97. The predicted octanol–water partition coefficient (Wildman–Crippen LogP) is 3.75. The summed E-state index contributed by atoms with van der Waals surface area (Å²) in [5.41, 5.74) is 2.85. The second-order valence-electron chi connectivity index (χ2n) is 6.22. The van der Waals surface area contributed by atoms with E-state index in [9.17, 15) is 5.11 Å². The Morgan fingerprint density at radius 2 is 1.77 bits per heavy atom. The van der Waals surface area contributed by atoms with Crippen LogP contribution in [0.25, 0.3) is 6.08 Å². The highest BCUT2D eigenvalue weighted by molar-refractivity contribution is 5.62. The molecule has 1 rings (SSSR count). The molecule has 0 spiro atoms. The second kappa shape index (κ2) is 11.4. The van der Waals surface area contributed by atoms with Crippen molar-refractivity contribution in [3.63, 3.8) is 0 Å². The molecule has 2 N–H and O–H groups in total. The smallest absolute Gasteiger partial charge is 0.203 e. The van der Waals surface area contributed by atoms with Crippen LogP contribution in [-0.4, -0.2) is 43.8 Å². The summed E-state index contributed by atoms with van der Waals surface area (Å²) in [4.78, 5) is 0. The number of hydrogen-bond acceptors (Lipinski definition) is 5. The third-order valence-electron chi connectivity index (χ3n) is 3.70.